The van der Waals surface area contributed by atoms with E-state index in [1.807, 2.05) is 14.0 Å². The van der Waals surface area contributed by atoms with Crippen LogP contribution in [0.1, 0.15) is 57.2 Å². The number of hydrogen-bond acceptors (Lipinski definition) is 4. The molecule has 0 radical (unpaired) electrons. The SMILES string of the molecule is C=C(Nc1c2c(cc(OCC(C)C)c1CC)CCC2)C(=O)NC(C)CCNC. The van der Waals surface area contributed by atoms with Gasteiger partial charge in [-0.2, -0.15) is 0 Å². The molecule has 1 amide bonds. The Hall–Kier alpha value is -2.01. The smallest absolute Gasteiger partial charge is 0.267 e. The summed E-state index contributed by atoms with van der Waals surface area (Å²) in [5.74, 6) is 1.26. The van der Waals surface area contributed by atoms with Gasteiger partial charge < -0.3 is 20.7 Å². The molecular weight excluding hydrogens is 350 g/mol. The average molecular weight is 388 g/mol. The highest BCUT2D eigenvalue weighted by molar-refractivity contribution is 5.96. The van der Waals surface area contributed by atoms with Crippen molar-refractivity contribution in [2.24, 2.45) is 5.92 Å². The Bertz CT molecular complexity index is 698. The van der Waals surface area contributed by atoms with Gasteiger partial charge in [-0.05, 0) is 75.7 Å². The number of hydrogen-bond donors (Lipinski definition) is 3. The summed E-state index contributed by atoms with van der Waals surface area (Å²) >= 11 is 0. The first kappa shape index (κ1) is 22.3. The molecule has 1 unspecified atom stereocenters. The van der Waals surface area contributed by atoms with Gasteiger partial charge in [0.25, 0.3) is 5.91 Å². The molecule has 5 heteroatoms. The summed E-state index contributed by atoms with van der Waals surface area (Å²) < 4.78 is 6.13. The molecule has 3 N–H and O–H groups in total. The van der Waals surface area contributed by atoms with Crippen LogP contribution in [0.25, 0.3) is 0 Å². The summed E-state index contributed by atoms with van der Waals surface area (Å²) in [6.07, 6.45) is 4.95. The van der Waals surface area contributed by atoms with Gasteiger partial charge >= 0.3 is 0 Å². The van der Waals surface area contributed by atoms with Crippen LogP contribution in [0.15, 0.2) is 18.3 Å². The van der Waals surface area contributed by atoms with Gasteiger partial charge in [-0.25, -0.2) is 0 Å². The average Bonchev–Trinajstić information content (AvgIpc) is 3.12. The second-order valence-corrected chi connectivity index (χ2v) is 8.15. The van der Waals surface area contributed by atoms with Crippen LogP contribution in [-0.2, 0) is 24.1 Å². The molecule has 0 saturated carbocycles. The standard InChI is InChI=1S/C23H37N3O2/c1-7-19-21(28-14-15(2)3)13-18-9-8-10-20(18)22(19)26-17(5)23(27)25-16(4)11-12-24-6/h13,15-16,24,26H,5,7-12,14H2,1-4,6H3,(H,25,27). The van der Waals surface area contributed by atoms with Crippen LogP contribution in [0.5, 0.6) is 5.75 Å². The van der Waals surface area contributed by atoms with Crippen LogP contribution in [0.4, 0.5) is 5.69 Å². The summed E-state index contributed by atoms with van der Waals surface area (Å²) in [4.78, 5) is 12.6. The number of aryl methyl sites for hydroxylation is 1. The highest BCUT2D eigenvalue weighted by Crippen LogP contribution is 2.39. The Kier molecular flexibility index (Phi) is 8.36. The van der Waals surface area contributed by atoms with Crippen molar-refractivity contribution in [1.82, 2.24) is 10.6 Å². The lowest BCUT2D eigenvalue weighted by Gasteiger charge is -2.22. The summed E-state index contributed by atoms with van der Waals surface area (Å²) in [7, 11) is 1.91. The largest absolute Gasteiger partial charge is 0.493 e. The molecule has 0 bridgehead atoms. The number of nitrogens with one attached hydrogen (secondary N) is 3. The molecule has 0 aliphatic heterocycles. The lowest BCUT2D eigenvalue weighted by atomic mass is 9.99. The van der Waals surface area contributed by atoms with Crippen LogP contribution in [0.3, 0.4) is 0 Å². The number of rotatable bonds is 11. The van der Waals surface area contributed by atoms with E-state index in [0.29, 0.717) is 18.2 Å². The van der Waals surface area contributed by atoms with Crippen molar-refractivity contribution in [3.05, 3.63) is 35.0 Å². The number of benzene rings is 1. The van der Waals surface area contributed by atoms with Crippen molar-refractivity contribution in [3.63, 3.8) is 0 Å². The Balaban J connectivity index is 2.21. The maximum Gasteiger partial charge on any atom is 0.267 e. The number of carbonyl (C=O) groups is 1. The molecule has 5 nitrogen and oxygen atoms in total. The van der Waals surface area contributed by atoms with Gasteiger partial charge in [0.2, 0.25) is 0 Å². The fraction of sp³-hybridized carbons (Fsp3) is 0.609. The van der Waals surface area contributed by atoms with Gasteiger partial charge in [-0.3, -0.25) is 4.79 Å². The molecule has 0 aromatic heterocycles. The van der Waals surface area contributed by atoms with E-state index in [0.717, 1.165) is 55.6 Å². The normalized spacial score (nSPS) is 13.9. The van der Waals surface area contributed by atoms with Gasteiger partial charge in [-0.1, -0.05) is 27.4 Å². The predicted molar refractivity (Wildman–Crippen MR) is 117 cm³/mol. The molecule has 1 aromatic carbocycles. The minimum Gasteiger partial charge on any atom is -0.493 e. The van der Waals surface area contributed by atoms with Gasteiger partial charge in [0.15, 0.2) is 0 Å². The third-order valence-corrected chi connectivity index (χ3v) is 5.15. The van der Waals surface area contributed by atoms with Crippen LogP contribution in [0.2, 0.25) is 0 Å². The van der Waals surface area contributed by atoms with E-state index >= 15 is 0 Å². The van der Waals surface area contributed by atoms with E-state index in [9.17, 15) is 4.79 Å². The second-order valence-electron chi connectivity index (χ2n) is 8.15. The van der Waals surface area contributed by atoms with Crippen molar-refractivity contribution in [3.8, 4) is 5.75 Å². The van der Waals surface area contributed by atoms with E-state index in [1.54, 1.807) is 0 Å². The topological polar surface area (TPSA) is 62.4 Å². The third kappa shape index (κ3) is 5.74. The molecule has 1 aromatic rings. The van der Waals surface area contributed by atoms with Gasteiger partial charge in [-0.15, -0.1) is 0 Å². The monoisotopic (exact) mass is 387 g/mol. The highest BCUT2D eigenvalue weighted by Gasteiger charge is 2.23. The Labute approximate surface area is 170 Å². The number of amides is 1. The Morgan fingerprint density at radius 1 is 1.29 bits per heavy atom. The zero-order chi connectivity index (χ0) is 20.7. The molecule has 2 rings (SSSR count). The highest BCUT2D eigenvalue weighted by atomic mass is 16.5. The zero-order valence-corrected chi connectivity index (χ0v) is 18.2. The van der Waals surface area contributed by atoms with Crippen molar-refractivity contribution in [1.29, 1.82) is 0 Å². The molecule has 0 fully saturated rings. The van der Waals surface area contributed by atoms with Gasteiger partial charge in [0.1, 0.15) is 5.75 Å². The molecule has 0 spiro atoms. The van der Waals surface area contributed by atoms with Crippen LogP contribution in [0, 0.1) is 5.92 Å². The van der Waals surface area contributed by atoms with Crippen molar-refractivity contribution in [2.75, 3.05) is 25.5 Å². The third-order valence-electron chi connectivity index (χ3n) is 5.15. The summed E-state index contributed by atoms with van der Waals surface area (Å²) in [6, 6.07) is 2.30. The van der Waals surface area contributed by atoms with Crippen LogP contribution >= 0.6 is 0 Å². The Morgan fingerprint density at radius 2 is 2.04 bits per heavy atom. The van der Waals surface area contributed by atoms with Crippen molar-refractivity contribution in [2.45, 2.75) is 65.8 Å². The molecule has 28 heavy (non-hydrogen) atoms. The maximum absolute atomic E-state index is 12.6. The van der Waals surface area contributed by atoms with E-state index in [4.69, 9.17) is 4.74 Å². The van der Waals surface area contributed by atoms with E-state index in [-0.39, 0.29) is 11.9 Å². The van der Waals surface area contributed by atoms with Crippen LogP contribution < -0.4 is 20.7 Å². The number of ether oxygens (including phenoxy) is 1. The Morgan fingerprint density at radius 3 is 2.68 bits per heavy atom. The first-order chi connectivity index (χ1) is 13.4. The van der Waals surface area contributed by atoms with Gasteiger partial charge in [0.05, 0.1) is 12.3 Å². The molecular formula is C23H37N3O2. The zero-order valence-electron chi connectivity index (χ0n) is 18.2. The molecule has 156 valence electrons. The number of carbonyl (C=O) groups excluding carboxylic acids is 1. The first-order valence-corrected chi connectivity index (χ1v) is 10.6. The molecule has 1 aliphatic rings. The summed E-state index contributed by atoms with van der Waals surface area (Å²) in [6.45, 7) is 14.0. The first-order valence-electron chi connectivity index (χ1n) is 10.6. The number of anilines is 1. The van der Waals surface area contributed by atoms with Gasteiger partial charge in [0, 0.05) is 17.3 Å². The summed E-state index contributed by atoms with van der Waals surface area (Å²) in [5, 5.41) is 9.48. The van der Waals surface area contributed by atoms with E-state index < -0.39 is 0 Å². The van der Waals surface area contributed by atoms with Crippen molar-refractivity contribution < 1.29 is 9.53 Å². The molecule has 1 atom stereocenters. The molecule has 0 heterocycles. The lowest BCUT2D eigenvalue weighted by molar-refractivity contribution is -0.117. The fourth-order valence-corrected chi connectivity index (χ4v) is 3.60. The quantitative estimate of drug-likeness (QED) is 0.505. The maximum atomic E-state index is 12.6. The predicted octanol–water partition coefficient (Wildman–Crippen LogP) is 3.81. The molecule has 0 saturated heterocycles. The van der Waals surface area contributed by atoms with Crippen LogP contribution in [-0.4, -0.2) is 32.1 Å². The molecule has 1 aliphatic carbocycles. The number of fused-ring (bicyclic) bond motifs is 1. The van der Waals surface area contributed by atoms with E-state index in [1.165, 1.54) is 11.1 Å². The van der Waals surface area contributed by atoms with Crippen molar-refractivity contribution >= 4 is 11.6 Å². The second kappa shape index (κ2) is 10.5. The fourth-order valence-electron chi connectivity index (χ4n) is 3.60. The minimum absolute atomic E-state index is 0.0931. The lowest BCUT2D eigenvalue weighted by Crippen LogP contribution is -2.36. The summed E-state index contributed by atoms with van der Waals surface area (Å²) in [5.41, 5.74) is 5.19. The minimum atomic E-state index is -0.147. The van der Waals surface area contributed by atoms with E-state index in [2.05, 4.69) is 49.4 Å².